The van der Waals surface area contributed by atoms with Crippen LogP contribution in [0.2, 0.25) is 0 Å². The standard InChI is InChI=1S/C12H16BFO4/c1-5(2)12(13,17)9-6(14)3-4-7-8(9)10(15)11(16)18-7/h3-5,10-11,15-17H,13H2,1-2H3. The van der Waals surface area contributed by atoms with E-state index in [9.17, 15) is 19.7 Å². The summed E-state index contributed by atoms with van der Waals surface area (Å²) < 4.78 is 19.0. The molecule has 3 atom stereocenters. The minimum absolute atomic E-state index is 0.0148. The lowest BCUT2D eigenvalue weighted by Gasteiger charge is -2.31. The molecule has 1 aromatic rings. The van der Waals surface area contributed by atoms with E-state index in [4.69, 9.17) is 4.74 Å². The van der Waals surface area contributed by atoms with Gasteiger partial charge < -0.3 is 20.1 Å². The fraction of sp³-hybridized carbons (Fsp3) is 0.500. The maximum atomic E-state index is 14.0. The molecule has 6 heteroatoms. The lowest BCUT2D eigenvalue weighted by Crippen LogP contribution is -2.35. The van der Waals surface area contributed by atoms with Crippen LogP contribution in [-0.2, 0) is 5.50 Å². The van der Waals surface area contributed by atoms with Gasteiger partial charge in [0.1, 0.15) is 25.5 Å². The van der Waals surface area contributed by atoms with E-state index in [0.29, 0.717) is 0 Å². The number of aliphatic hydroxyl groups excluding tert-OH is 2. The molecule has 0 fully saturated rings. The van der Waals surface area contributed by atoms with Crippen LogP contribution in [0, 0.1) is 11.7 Å². The smallest absolute Gasteiger partial charge is 0.228 e. The van der Waals surface area contributed by atoms with Crippen LogP contribution in [0.1, 0.15) is 31.1 Å². The van der Waals surface area contributed by atoms with Gasteiger partial charge >= 0.3 is 0 Å². The lowest BCUT2D eigenvalue weighted by molar-refractivity contribution is -0.0833. The van der Waals surface area contributed by atoms with E-state index >= 15 is 0 Å². The summed E-state index contributed by atoms with van der Waals surface area (Å²) >= 11 is 0. The van der Waals surface area contributed by atoms with E-state index < -0.39 is 23.7 Å². The molecule has 1 aromatic carbocycles. The van der Waals surface area contributed by atoms with Crippen molar-refractivity contribution in [2.75, 3.05) is 0 Å². The molecule has 0 amide bonds. The van der Waals surface area contributed by atoms with Gasteiger partial charge in [0.25, 0.3) is 0 Å². The number of aliphatic hydroxyl groups is 3. The van der Waals surface area contributed by atoms with Crippen molar-refractivity contribution in [3.8, 4) is 5.75 Å². The molecule has 4 nitrogen and oxygen atoms in total. The molecule has 0 radical (unpaired) electrons. The zero-order valence-electron chi connectivity index (χ0n) is 10.5. The van der Waals surface area contributed by atoms with Crippen molar-refractivity contribution in [2.45, 2.75) is 31.7 Å². The molecule has 1 heterocycles. The zero-order valence-corrected chi connectivity index (χ0v) is 10.5. The van der Waals surface area contributed by atoms with Gasteiger partial charge in [0.15, 0.2) is 0 Å². The van der Waals surface area contributed by atoms with E-state index in [1.165, 1.54) is 13.9 Å². The summed E-state index contributed by atoms with van der Waals surface area (Å²) in [7, 11) is 1.48. The van der Waals surface area contributed by atoms with Crippen LogP contribution in [0.15, 0.2) is 12.1 Å². The van der Waals surface area contributed by atoms with Gasteiger partial charge in [0, 0.05) is 11.1 Å². The van der Waals surface area contributed by atoms with Crippen molar-refractivity contribution >= 4 is 7.85 Å². The molecule has 0 bridgehead atoms. The van der Waals surface area contributed by atoms with Crippen LogP contribution < -0.4 is 4.74 Å². The average molecular weight is 254 g/mol. The quantitative estimate of drug-likeness (QED) is 0.650. The van der Waals surface area contributed by atoms with Crippen LogP contribution in [0.25, 0.3) is 0 Å². The Labute approximate surface area is 105 Å². The number of hydrogen-bond donors (Lipinski definition) is 3. The third kappa shape index (κ3) is 1.81. The largest absolute Gasteiger partial charge is 0.462 e. The Morgan fingerprint density at radius 3 is 2.56 bits per heavy atom. The second-order valence-electron chi connectivity index (χ2n) is 5.09. The fourth-order valence-corrected chi connectivity index (χ4v) is 2.11. The maximum Gasteiger partial charge on any atom is 0.228 e. The van der Waals surface area contributed by atoms with E-state index in [1.54, 1.807) is 13.8 Å². The molecule has 0 aliphatic carbocycles. The van der Waals surface area contributed by atoms with Gasteiger partial charge in [-0.2, -0.15) is 0 Å². The zero-order chi connectivity index (χ0) is 13.7. The van der Waals surface area contributed by atoms with Crippen molar-refractivity contribution < 1.29 is 24.4 Å². The average Bonchev–Trinajstić information content (AvgIpc) is 2.55. The predicted octanol–water partition coefficient (Wildman–Crippen LogP) is 0.00410. The highest BCUT2D eigenvalue weighted by Crippen LogP contribution is 2.44. The summed E-state index contributed by atoms with van der Waals surface area (Å²) in [5.74, 6) is -0.681. The van der Waals surface area contributed by atoms with E-state index in [2.05, 4.69) is 0 Å². The summed E-state index contributed by atoms with van der Waals surface area (Å²) in [4.78, 5) is 0. The number of benzene rings is 1. The third-order valence-electron chi connectivity index (χ3n) is 3.60. The fourth-order valence-electron chi connectivity index (χ4n) is 2.11. The van der Waals surface area contributed by atoms with Crippen LogP contribution in [0.3, 0.4) is 0 Å². The lowest BCUT2D eigenvalue weighted by atomic mass is 9.66. The SMILES string of the molecule is BC(O)(c1c(F)ccc2c1C(O)C(O)O2)C(C)C. The topological polar surface area (TPSA) is 69.9 Å². The number of halogens is 1. The molecule has 0 aromatic heterocycles. The maximum absolute atomic E-state index is 14.0. The molecule has 1 aliphatic rings. The highest BCUT2D eigenvalue weighted by molar-refractivity contribution is 6.15. The van der Waals surface area contributed by atoms with E-state index in [-0.39, 0.29) is 22.8 Å². The summed E-state index contributed by atoms with van der Waals surface area (Å²) in [6.07, 6.45) is -2.78. The Hall–Kier alpha value is -1.11. The van der Waals surface area contributed by atoms with E-state index in [0.717, 1.165) is 6.07 Å². The first-order valence-corrected chi connectivity index (χ1v) is 5.84. The molecular weight excluding hydrogens is 238 g/mol. The van der Waals surface area contributed by atoms with Crippen molar-refractivity contribution in [3.63, 3.8) is 0 Å². The Morgan fingerprint density at radius 1 is 1.39 bits per heavy atom. The van der Waals surface area contributed by atoms with Crippen molar-refractivity contribution in [1.82, 2.24) is 0 Å². The Bertz CT molecular complexity index is 475. The number of rotatable bonds is 2. The van der Waals surface area contributed by atoms with Crippen molar-refractivity contribution in [1.29, 1.82) is 0 Å². The van der Waals surface area contributed by atoms with Gasteiger partial charge in [-0.25, -0.2) is 4.39 Å². The molecule has 3 N–H and O–H groups in total. The first kappa shape index (κ1) is 13.3. The highest BCUT2D eigenvalue weighted by Gasteiger charge is 2.41. The number of fused-ring (bicyclic) bond motifs is 1. The van der Waals surface area contributed by atoms with Crippen molar-refractivity contribution in [3.05, 3.63) is 29.1 Å². The Kier molecular flexibility index (Phi) is 3.13. The first-order valence-electron chi connectivity index (χ1n) is 5.84. The Balaban J connectivity index is 2.66. The molecule has 0 saturated heterocycles. The van der Waals surface area contributed by atoms with Gasteiger partial charge in [0.05, 0.1) is 5.50 Å². The molecule has 0 spiro atoms. The van der Waals surface area contributed by atoms with Gasteiger partial charge in [-0.1, -0.05) is 13.8 Å². The monoisotopic (exact) mass is 254 g/mol. The summed E-state index contributed by atoms with van der Waals surface area (Å²) in [5, 5.41) is 29.7. The second kappa shape index (κ2) is 4.22. The second-order valence-corrected chi connectivity index (χ2v) is 5.09. The first-order chi connectivity index (χ1) is 8.26. The molecule has 1 aliphatic heterocycles. The van der Waals surface area contributed by atoms with Crippen LogP contribution >= 0.6 is 0 Å². The van der Waals surface area contributed by atoms with Gasteiger partial charge in [-0.15, -0.1) is 0 Å². The predicted molar refractivity (Wildman–Crippen MR) is 65.3 cm³/mol. The summed E-state index contributed by atoms with van der Waals surface area (Å²) in [5.41, 5.74) is -1.34. The third-order valence-corrected chi connectivity index (χ3v) is 3.60. The normalized spacial score (nSPS) is 25.7. The van der Waals surface area contributed by atoms with Gasteiger partial charge in [-0.05, 0) is 18.1 Å². The van der Waals surface area contributed by atoms with Crippen LogP contribution in [0.5, 0.6) is 5.75 Å². The highest BCUT2D eigenvalue weighted by atomic mass is 19.1. The Morgan fingerprint density at radius 2 is 2.00 bits per heavy atom. The molecule has 98 valence electrons. The minimum Gasteiger partial charge on any atom is -0.462 e. The van der Waals surface area contributed by atoms with Crippen LogP contribution in [-0.4, -0.2) is 29.5 Å². The molecule has 0 saturated carbocycles. The van der Waals surface area contributed by atoms with Crippen molar-refractivity contribution in [2.24, 2.45) is 5.92 Å². The summed E-state index contributed by atoms with van der Waals surface area (Å²) in [6.45, 7) is 3.49. The van der Waals surface area contributed by atoms with E-state index in [1.807, 2.05) is 0 Å². The number of ether oxygens (including phenoxy) is 1. The van der Waals surface area contributed by atoms with Gasteiger partial charge in [0.2, 0.25) is 6.29 Å². The molecule has 3 unspecified atom stereocenters. The minimum atomic E-state index is -1.45. The molecule has 18 heavy (non-hydrogen) atoms. The molecule has 2 rings (SSSR count). The summed E-state index contributed by atoms with van der Waals surface area (Å²) in [6, 6.07) is 2.50. The van der Waals surface area contributed by atoms with Crippen LogP contribution in [0.4, 0.5) is 4.39 Å². The van der Waals surface area contributed by atoms with Gasteiger partial charge in [-0.3, -0.25) is 0 Å². The molecular formula is C12H16BFO4. The number of hydrogen-bond acceptors (Lipinski definition) is 4.